The van der Waals surface area contributed by atoms with Crippen LogP contribution in [0.1, 0.15) is 12.5 Å². The summed E-state index contributed by atoms with van der Waals surface area (Å²) in [6.07, 6.45) is 0. The minimum Gasteiger partial charge on any atom is -0.131 e. The zero-order valence-electron chi connectivity index (χ0n) is 10.5. The van der Waals surface area contributed by atoms with Gasteiger partial charge in [0.15, 0.2) is 0 Å². The fourth-order valence-corrected chi connectivity index (χ4v) is 1.72. The molecule has 82 valence electrons. The Balaban J connectivity index is 2.68. The Labute approximate surface area is 100 Å². The average molecular weight is 226 g/mol. The van der Waals surface area contributed by atoms with Gasteiger partial charge in [-0.15, -0.1) is 5.54 Å². The second-order valence-electron chi connectivity index (χ2n) is 4.88. The van der Waals surface area contributed by atoms with Crippen LogP contribution in [0, 0.1) is 29.2 Å². The fraction of sp³-hybridized carbons (Fsp3) is 0.333. The van der Waals surface area contributed by atoms with Gasteiger partial charge in [-0.3, -0.25) is 0 Å². The molecule has 0 spiro atoms. The van der Waals surface area contributed by atoms with Crippen LogP contribution in [0.5, 0.6) is 0 Å². The minimum absolute atomic E-state index is 0.159. The zero-order chi connectivity index (χ0) is 12.0. The molecule has 1 aromatic carbocycles. The van der Waals surface area contributed by atoms with Crippen LogP contribution in [0.15, 0.2) is 30.3 Å². The molecule has 0 aliphatic heterocycles. The molecule has 0 heterocycles. The van der Waals surface area contributed by atoms with E-state index >= 15 is 0 Å². The van der Waals surface area contributed by atoms with Crippen molar-refractivity contribution in [1.82, 2.24) is 0 Å². The molecule has 0 nitrogen and oxygen atoms in total. The van der Waals surface area contributed by atoms with Crippen molar-refractivity contribution in [1.29, 1.82) is 0 Å². The third kappa shape index (κ3) is 5.44. The van der Waals surface area contributed by atoms with Gasteiger partial charge in [0.1, 0.15) is 8.07 Å². The second kappa shape index (κ2) is 5.59. The molecule has 0 radical (unpaired) electrons. The van der Waals surface area contributed by atoms with E-state index in [9.17, 15) is 0 Å². The first-order valence-electron chi connectivity index (χ1n) is 5.57. The number of benzene rings is 1. The highest BCUT2D eigenvalue weighted by Gasteiger charge is 2.07. The van der Waals surface area contributed by atoms with Crippen molar-refractivity contribution in [3.63, 3.8) is 0 Å². The van der Waals surface area contributed by atoms with Gasteiger partial charge >= 0.3 is 0 Å². The molecule has 0 aliphatic carbocycles. The van der Waals surface area contributed by atoms with Gasteiger partial charge in [0.25, 0.3) is 0 Å². The molecule has 0 N–H and O–H groups in total. The van der Waals surface area contributed by atoms with Gasteiger partial charge in [-0.05, 0) is 19.1 Å². The van der Waals surface area contributed by atoms with E-state index in [-0.39, 0.29) is 5.92 Å². The van der Waals surface area contributed by atoms with Crippen molar-refractivity contribution in [3.05, 3.63) is 35.9 Å². The van der Waals surface area contributed by atoms with Crippen LogP contribution in [-0.4, -0.2) is 8.07 Å². The number of hydrogen-bond donors (Lipinski definition) is 0. The van der Waals surface area contributed by atoms with Crippen LogP contribution in [0.4, 0.5) is 0 Å². The summed E-state index contributed by atoms with van der Waals surface area (Å²) >= 11 is 0. The van der Waals surface area contributed by atoms with Gasteiger partial charge in [0.05, 0.1) is 5.92 Å². The third-order valence-electron chi connectivity index (χ3n) is 1.87. The predicted molar refractivity (Wildman–Crippen MR) is 73.6 cm³/mol. The number of rotatable bonds is 0. The maximum absolute atomic E-state index is 3.34. The van der Waals surface area contributed by atoms with E-state index in [1.807, 2.05) is 30.3 Å². The third-order valence-corrected chi connectivity index (χ3v) is 2.76. The van der Waals surface area contributed by atoms with Crippen molar-refractivity contribution in [2.45, 2.75) is 26.6 Å². The molecule has 16 heavy (non-hydrogen) atoms. The Morgan fingerprint density at radius 3 is 2.19 bits per heavy atom. The van der Waals surface area contributed by atoms with E-state index in [0.29, 0.717) is 0 Å². The van der Waals surface area contributed by atoms with Crippen molar-refractivity contribution < 1.29 is 0 Å². The highest BCUT2D eigenvalue weighted by atomic mass is 28.3. The Morgan fingerprint density at radius 2 is 1.62 bits per heavy atom. The molecule has 1 heteroatoms. The average Bonchev–Trinajstić information content (AvgIpc) is 2.24. The van der Waals surface area contributed by atoms with Crippen LogP contribution >= 0.6 is 0 Å². The lowest BCUT2D eigenvalue weighted by Gasteiger charge is -2.03. The lowest BCUT2D eigenvalue weighted by Crippen LogP contribution is -2.16. The largest absolute Gasteiger partial charge is 0.131 e. The standard InChI is InChI=1S/C15H18Si/c1-14(12-13-16(2,3)4)10-11-15-8-6-5-7-9-15/h5-9,14H,1-4H3. The predicted octanol–water partition coefficient (Wildman–Crippen LogP) is 3.56. The van der Waals surface area contributed by atoms with Gasteiger partial charge in [-0.25, -0.2) is 0 Å². The summed E-state index contributed by atoms with van der Waals surface area (Å²) in [5.74, 6) is 9.70. The molecular formula is C15H18Si. The quantitative estimate of drug-likeness (QED) is 0.469. The van der Waals surface area contributed by atoms with Crippen molar-refractivity contribution in [3.8, 4) is 23.3 Å². The Morgan fingerprint density at radius 1 is 1.00 bits per heavy atom. The van der Waals surface area contributed by atoms with Crippen molar-refractivity contribution >= 4 is 8.07 Å². The van der Waals surface area contributed by atoms with Crippen LogP contribution < -0.4 is 0 Å². The second-order valence-corrected chi connectivity index (χ2v) is 9.63. The van der Waals surface area contributed by atoms with Gasteiger partial charge < -0.3 is 0 Å². The highest BCUT2D eigenvalue weighted by molar-refractivity contribution is 6.83. The van der Waals surface area contributed by atoms with Gasteiger partial charge in [0, 0.05) is 5.56 Å². The maximum atomic E-state index is 3.34. The summed E-state index contributed by atoms with van der Waals surface area (Å²) in [5.41, 5.74) is 4.40. The minimum atomic E-state index is -1.26. The molecule has 0 fully saturated rings. The maximum Gasteiger partial charge on any atom is 0.129 e. The van der Waals surface area contributed by atoms with Crippen LogP contribution in [0.2, 0.25) is 19.6 Å². The van der Waals surface area contributed by atoms with Crippen LogP contribution in [0.3, 0.4) is 0 Å². The summed E-state index contributed by atoms with van der Waals surface area (Å²) in [6, 6.07) is 10.0. The van der Waals surface area contributed by atoms with Gasteiger partial charge in [-0.1, -0.05) is 55.6 Å². The fourth-order valence-electron chi connectivity index (χ4n) is 1.07. The molecular weight excluding hydrogens is 208 g/mol. The van der Waals surface area contributed by atoms with E-state index in [4.69, 9.17) is 0 Å². The summed E-state index contributed by atoms with van der Waals surface area (Å²) in [6.45, 7) is 8.80. The molecule has 0 bridgehead atoms. The van der Waals surface area contributed by atoms with Crippen molar-refractivity contribution in [2.75, 3.05) is 0 Å². The topological polar surface area (TPSA) is 0 Å². The van der Waals surface area contributed by atoms with E-state index in [2.05, 4.69) is 49.9 Å². The molecule has 0 aromatic heterocycles. The summed E-state index contributed by atoms with van der Waals surface area (Å²) in [4.78, 5) is 0. The van der Waals surface area contributed by atoms with Crippen molar-refractivity contribution in [2.24, 2.45) is 5.92 Å². The normalized spacial score (nSPS) is 11.8. The van der Waals surface area contributed by atoms with Crippen LogP contribution in [0.25, 0.3) is 0 Å². The lowest BCUT2D eigenvalue weighted by molar-refractivity contribution is 1.02. The summed E-state index contributed by atoms with van der Waals surface area (Å²) in [5, 5.41) is 0. The van der Waals surface area contributed by atoms with Gasteiger partial charge in [-0.2, -0.15) is 0 Å². The smallest absolute Gasteiger partial charge is 0.129 e. The number of hydrogen-bond acceptors (Lipinski definition) is 0. The molecule has 0 saturated carbocycles. The van der Waals surface area contributed by atoms with E-state index in [1.165, 1.54) is 0 Å². The monoisotopic (exact) mass is 226 g/mol. The van der Waals surface area contributed by atoms with Gasteiger partial charge in [0.2, 0.25) is 0 Å². The lowest BCUT2D eigenvalue weighted by atomic mass is 10.1. The molecule has 1 atom stereocenters. The van der Waals surface area contributed by atoms with Crippen LogP contribution in [-0.2, 0) is 0 Å². The Hall–Kier alpha value is -1.44. The van der Waals surface area contributed by atoms with E-state index < -0.39 is 8.07 Å². The zero-order valence-corrected chi connectivity index (χ0v) is 11.5. The molecule has 1 aromatic rings. The first kappa shape index (κ1) is 12.6. The first-order valence-corrected chi connectivity index (χ1v) is 9.07. The van der Waals surface area contributed by atoms with E-state index in [1.54, 1.807) is 0 Å². The van der Waals surface area contributed by atoms with E-state index in [0.717, 1.165) is 5.56 Å². The Kier molecular flexibility index (Phi) is 4.41. The molecule has 1 unspecified atom stereocenters. The Bertz CT molecular complexity index is 443. The molecule has 0 saturated heterocycles. The molecule has 0 aliphatic rings. The molecule has 1 rings (SSSR count). The highest BCUT2D eigenvalue weighted by Crippen LogP contribution is 2.00. The SMILES string of the molecule is CC(C#Cc1ccccc1)C#C[Si](C)(C)C. The molecule has 0 amide bonds. The summed E-state index contributed by atoms with van der Waals surface area (Å²) in [7, 11) is -1.26. The summed E-state index contributed by atoms with van der Waals surface area (Å²) < 4.78 is 0. The first-order chi connectivity index (χ1) is 7.47.